The van der Waals surface area contributed by atoms with Crippen molar-refractivity contribution >= 4 is 5.97 Å². The molecule has 0 aliphatic carbocycles. The first-order valence-electron chi connectivity index (χ1n) is 8.49. The van der Waals surface area contributed by atoms with Crippen LogP contribution in [-0.4, -0.2) is 17.7 Å². The van der Waals surface area contributed by atoms with Crippen molar-refractivity contribution in [2.24, 2.45) is 0 Å². The normalized spacial score (nSPS) is 10.3. The summed E-state index contributed by atoms with van der Waals surface area (Å²) in [4.78, 5) is 10.5. The highest BCUT2D eigenvalue weighted by molar-refractivity contribution is 5.67. The number of hydrogen-bond acceptors (Lipinski definition) is 3. The lowest BCUT2D eigenvalue weighted by molar-refractivity contribution is -0.137. The van der Waals surface area contributed by atoms with Gasteiger partial charge in [0.05, 0.1) is 6.61 Å². The topological polar surface area (TPSA) is 55.8 Å². The fourth-order valence-corrected chi connectivity index (χ4v) is 2.52. The largest absolute Gasteiger partial charge is 0.494 e. The van der Waals surface area contributed by atoms with E-state index in [9.17, 15) is 4.79 Å². The summed E-state index contributed by atoms with van der Waals surface area (Å²) in [5.41, 5.74) is 2.11. The van der Waals surface area contributed by atoms with E-state index in [-0.39, 0.29) is 6.42 Å². The van der Waals surface area contributed by atoms with E-state index in [2.05, 4.69) is 0 Å². The third-order valence-electron chi connectivity index (χ3n) is 3.80. The number of carbonyl (C=O) groups is 1. The number of benzene rings is 3. The molecule has 0 fully saturated rings. The quantitative estimate of drug-likeness (QED) is 0.555. The van der Waals surface area contributed by atoms with Gasteiger partial charge in [-0.3, -0.25) is 4.79 Å². The average Bonchev–Trinajstić information content (AvgIpc) is 2.67. The van der Waals surface area contributed by atoms with Crippen molar-refractivity contribution < 1.29 is 19.4 Å². The monoisotopic (exact) mass is 348 g/mol. The number of aliphatic carboxylic acids is 1. The molecule has 3 aromatic rings. The molecule has 132 valence electrons. The second-order valence-electron chi connectivity index (χ2n) is 5.81. The van der Waals surface area contributed by atoms with Gasteiger partial charge in [0.2, 0.25) is 0 Å². The molecule has 0 spiro atoms. The van der Waals surface area contributed by atoms with Gasteiger partial charge in [0.15, 0.2) is 0 Å². The van der Waals surface area contributed by atoms with Gasteiger partial charge in [0, 0.05) is 6.42 Å². The van der Waals surface area contributed by atoms with Gasteiger partial charge in [-0.2, -0.15) is 0 Å². The van der Waals surface area contributed by atoms with Crippen LogP contribution < -0.4 is 9.47 Å². The molecule has 0 atom stereocenters. The number of ether oxygens (including phenoxy) is 2. The van der Waals surface area contributed by atoms with Crippen LogP contribution in [0.3, 0.4) is 0 Å². The van der Waals surface area contributed by atoms with Gasteiger partial charge in [-0.05, 0) is 53.9 Å². The van der Waals surface area contributed by atoms with E-state index in [4.69, 9.17) is 14.6 Å². The maximum Gasteiger partial charge on any atom is 0.303 e. The highest BCUT2D eigenvalue weighted by Crippen LogP contribution is 2.28. The van der Waals surface area contributed by atoms with Crippen molar-refractivity contribution in [3.63, 3.8) is 0 Å². The molecule has 4 heteroatoms. The van der Waals surface area contributed by atoms with Crippen LogP contribution in [-0.2, 0) is 4.79 Å². The third kappa shape index (κ3) is 5.11. The van der Waals surface area contributed by atoms with Crippen molar-refractivity contribution in [3.8, 4) is 28.4 Å². The zero-order chi connectivity index (χ0) is 18.2. The second kappa shape index (κ2) is 8.72. The van der Waals surface area contributed by atoms with Crippen LogP contribution in [0, 0.1) is 0 Å². The molecule has 0 aliphatic rings. The second-order valence-corrected chi connectivity index (χ2v) is 5.81. The molecule has 0 saturated carbocycles. The zero-order valence-corrected chi connectivity index (χ0v) is 14.3. The maximum atomic E-state index is 10.5. The van der Waals surface area contributed by atoms with Crippen LogP contribution in [0.1, 0.15) is 12.8 Å². The van der Waals surface area contributed by atoms with Crippen molar-refractivity contribution in [1.82, 2.24) is 0 Å². The van der Waals surface area contributed by atoms with Crippen LogP contribution in [0.4, 0.5) is 0 Å². The van der Waals surface area contributed by atoms with Crippen molar-refractivity contribution in [1.29, 1.82) is 0 Å². The molecule has 0 heterocycles. The molecule has 0 aliphatic heterocycles. The van der Waals surface area contributed by atoms with Crippen LogP contribution in [0.25, 0.3) is 11.1 Å². The summed E-state index contributed by atoms with van der Waals surface area (Å²) < 4.78 is 11.4. The molecule has 0 radical (unpaired) electrons. The molecular weight excluding hydrogens is 328 g/mol. The number of rotatable bonds is 8. The van der Waals surface area contributed by atoms with Gasteiger partial charge < -0.3 is 14.6 Å². The van der Waals surface area contributed by atoms with Gasteiger partial charge >= 0.3 is 5.97 Å². The summed E-state index contributed by atoms with van der Waals surface area (Å²) in [5.74, 6) is 1.51. The number of para-hydroxylation sites is 1. The van der Waals surface area contributed by atoms with E-state index in [1.54, 1.807) is 0 Å². The fraction of sp³-hybridized carbons (Fsp3) is 0.136. The Morgan fingerprint density at radius 2 is 1.50 bits per heavy atom. The van der Waals surface area contributed by atoms with Crippen molar-refractivity contribution in [2.75, 3.05) is 6.61 Å². The van der Waals surface area contributed by atoms with Gasteiger partial charge in [-0.1, -0.05) is 42.5 Å². The maximum absolute atomic E-state index is 10.5. The smallest absolute Gasteiger partial charge is 0.303 e. The van der Waals surface area contributed by atoms with Gasteiger partial charge in [0.1, 0.15) is 17.2 Å². The average molecular weight is 348 g/mol. The Labute approximate surface area is 152 Å². The molecule has 0 amide bonds. The van der Waals surface area contributed by atoms with Crippen LogP contribution in [0.2, 0.25) is 0 Å². The molecule has 26 heavy (non-hydrogen) atoms. The molecule has 3 aromatic carbocycles. The lowest BCUT2D eigenvalue weighted by atomic mass is 10.1. The lowest BCUT2D eigenvalue weighted by Gasteiger charge is -2.09. The number of carboxylic acid groups (broad SMARTS) is 1. The summed E-state index contributed by atoms with van der Waals surface area (Å²) in [5, 5.41) is 8.62. The summed E-state index contributed by atoms with van der Waals surface area (Å²) >= 11 is 0. The Morgan fingerprint density at radius 3 is 2.23 bits per heavy atom. The van der Waals surface area contributed by atoms with E-state index < -0.39 is 5.97 Å². The molecular formula is C22H20O4. The SMILES string of the molecule is O=C(O)CCCOc1ccc(-c2cccc(Oc3ccccc3)c2)cc1. The van der Waals surface area contributed by atoms with Crippen LogP contribution in [0.5, 0.6) is 17.2 Å². The van der Waals surface area contributed by atoms with E-state index in [0.29, 0.717) is 13.0 Å². The standard InChI is InChI=1S/C22H20O4/c23-22(24)10-5-15-25-19-13-11-17(12-14-19)18-6-4-9-21(16-18)26-20-7-2-1-3-8-20/h1-4,6-9,11-14,16H,5,10,15H2,(H,23,24). The zero-order valence-electron chi connectivity index (χ0n) is 14.3. The predicted molar refractivity (Wildman–Crippen MR) is 101 cm³/mol. The van der Waals surface area contributed by atoms with Gasteiger partial charge in [0.25, 0.3) is 0 Å². The van der Waals surface area contributed by atoms with Crippen LogP contribution in [0.15, 0.2) is 78.9 Å². The minimum Gasteiger partial charge on any atom is -0.494 e. The Morgan fingerprint density at radius 1 is 0.769 bits per heavy atom. The minimum absolute atomic E-state index is 0.117. The van der Waals surface area contributed by atoms with E-state index in [1.807, 2.05) is 78.9 Å². The number of carboxylic acids is 1. The molecule has 0 bridgehead atoms. The van der Waals surface area contributed by atoms with Crippen molar-refractivity contribution in [2.45, 2.75) is 12.8 Å². The molecule has 3 rings (SSSR count). The molecule has 0 saturated heterocycles. The molecule has 4 nitrogen and oxygen atoms in total. The predicted octanol–water partition coefficient (Wildman–Crippen LogP) is 5.39. The van der Waals surface area contributed by atoms with Crippen LogP contribution >= 0.6 is 0 Å². The Bertz CT molecular complexity index is 842. The Hall–Kier alpha value is -3.27. The Kier molecular flexibility index (Phi) is 5.88. The first kappa shape index (κ1) is 17.5. The highest BCUT2D eigenvalue weighted by atomic mass is 16.5. The summed E-state index contributed by atoms with van der Waals surface area (Å²) in [6.45, 7) is 0.395. The van der Waals surface area contributed by atoms with Crippen molar-refractivity contribution in [3.05, 3.63) is 78.9 Å². The lowest BCUT2D eigenvalue weighted by Crippen LogP contribution is -2.01. The first-order valence-corrected chi connectivity index (χ1v) is 8.49. The summed E-state index contributed by atoms with van der Waals surface area (Å²) in [6.07, 6.45) is 0.613. The minimum atomic E-state index is -0.804. The first-order chi connectivity index (χ1) is 12.7. The fourth-order valence-electron chi connectivity index (χ4n) is 2.52. The van der Waals surface area contributed by atoms with E-state index in [1.165, 1.54) is 0 Å². The highest BCUT2D eigenvalue weighted by Gasteiger charge is 2.03. The Balaban J connectivity index is 1.63. The van der Waals surface area contributed by atoms with E-state index >= 15 is 0 Å². The molecule has 0 unspecified atom stereocenters. The van der Waals surface area contributed by atoms with Gasteiger partial charge in [-0.25, -0.2) is 0 Å². The molecule has 0 aromatic heterocycles. The third-order valence-corrected chi connectivity index (χ3v) is 3.80. The summed E-state index contributed by atoms with van der Waals surface area (Å²) in [7, 11) is 0. The number of hydrogen-bond donors (Lipinski definition) is 1. The summed E-state index contributed by atoms with van der Waals surface area (Å²) in [6, 6.07) is 25.3. The van der Waals surface area contributed by atoms with E-state index in [0.717, 1.165) is 28.4 Å². The van der Waals surface area contributed by atoms with Gasteiger partial charge in [-0.15, -0.1) is 0 Å². The molecule has 1 N–H and O–H groups in total.